The zero-order chi connectivity index (χ0) is 24.6. The third-order valence-electron chi connectivity index (χ3n) is 6.13. The molecule has 2 aliphatic rings. The van der Waals surface area contributed by atoms with Crippen LogP contribution in [-0.2, 0) is 16.1 Å². The number of nitro benzene ring substituents is 2. The minimum absolute atomic E-state index is 0.0501. The number of carbonyl (C=O) groups is 3. The summed E-state index contributed by atoms with van der Waals surface area (Å²) in [5, 5.41) is 23.8. The number of benzene rings is 2. The highest BCUT2D eigenvalue weighted by atomic mass is 16.6. The molecule has 34 heavy (non-hydrogen) atoms. The maximum absolute atomic E-state index is 13.5. The van der Waals surface area contributed by atoms with Crippen LogP contribution in [0.3, 0.4) is 0 Å². The van der Waals surface area contributed by atoms with Crippen LogP contribution in [0.1, 0.15) is 29.3 Å². The molecule has 3 amide bonds. The van der Waals surface area contributed by atoms with Crippen molar-refractivity contribution in [2.24, 2.45) is 17.8 Å². The second-order valence-electron chi connectivity index (χ2n) is 8.23. The predicted molar refractivity (Wildman–Crippen MR) is 118 cm³/mol. The minimum atomic E-state index is -0.700. The standard InChI is InChI=1S/C23H20N4O7/c1-14-3-2-4-19-20(14)23(30)25(22(19)29)24(13-15-5-9-17(10-6-15)26(31)32)21(28)16-7-11-18(12-8-16)27(33)34/h2-3,5-12,14,19-20H,4,13H2,1H3/t14-,19+,20-/m1/s1. The van der Waals surface area contributed by atoms with Gasteiger partial charge in [0.2, 0.25) is 0 Å². The molecule has 0 saturated carbocycles. The molecular weight excluding hydrogens is 444 g/mol. The lowest BCUT2D eigenvalue weighted by atomic mass is 9.78. The molecule has 1 fully saturated rings. The fraction of sp³-hybridized carbons (Fsp3) is 0.261. The molecule has 0 N–H and O–H groups in total. The Hall–Kier alpha value is -4.41. The Morgan fingerprint density at radius 2 is 1.53 bits per heavy atom. The molecule has 2 aromatic carbocycles. The molecule has 0 bridgehead atoms. The smallest absolute Gasteiger partial charge is 0.272 e. The van der Waals surface area contributed by atoms with Gasteiger partial charge in [0, 0.05) is 29.8 Å². The molecule has 3 atom stereocenters. The van der Waals surface area contributed by atoms with Crippen molar-refractivity contribution < 1.29 is 24.2 Å². The van der Waals surface area contributed by atoms with Gasteiger partial charge in [-0.3, -0.25) is 34.6 Å². The number of hydrogen-bond donors (Lipinski definition) is 0. The third-order valence-corrected chi connectivity index (χ3v) is 6.13. The van der Waals surface area contributed by atoms with E-state index >= 15 is 0 Å². The molecule has 4 rings (SSSR count). The third kappa shape index (κ3) is 4.03. The average Bonchev–Trinajstić information content (AvgIpc) is 3.08. The van der Waals surface area contributed by atoms with Crippen molar-refractivity contribution in [2.45, 2.75) is 19.9 Å². The first-order valence-corrected chi connectivity index (χ1v) is 10.5. The van der Waals surface area contributed by atoms with Crippen LogP contribution in [-0.4, -0.2) is 37.6 Å². The van der Waals surface area contributed by atoms with Crippen LogP contribution in [0.2, 0.25) is 0 Å². The average molecular weight is 464 g/mol. The number of hydrogen-bond acceptors (Lipinski definition) is 7. The number of rotatable bonds is 6. The summed E-state index contributed by atoms with van der Waals surface area (Å²) in [6.45, 7) is 1.63. The van der Waals surface area contributed by atoms with Crippen molar-refractivity contribution in [1.82, 2.24) is 10.0 Å². The SMILES string of the molecule is C[C@@H]1C=CC[C@@H]2C(=O)N(N(Cc3ccc([N+](=O)[O-])cc3)C(=O)c3ccc([N+](=O)[O-])cc3)C(=O)[C@H]12. The van der Waals surface area contributed by atoms with Crippen molar-refractivity contribution in [3.05, 3.63) is 92.0 Å². The van der Waals surface area contributed by atoms with Gasteiger partial charge in [-0.15, -0.1) is 0 Å². The Balaban J connectivity index is 1.71. The topological polar surface area (TPSA) is 144 Å². The highest BCUT2D eigenvalue weighted by Crippen LogP contribution is 2.39. The lowest BCUT2D eigenvalue weighted by Gasteiger charge is -2.31. The van der Waals surface area contributed by atoms with Gasteiger partial charge in [0.1, 0.15) is 0 Å². The quantitative estimate of drug-likeness (QED) is 0.276. The Labute approximate surface area is 193 Å². The first-order valence-electron chi connectivity index (χ1n) is 10.5. The van der Waals surface area contributed by atoms with E-state index in [1.807, 2.05) is 19.1 Å². The van der Waals surface area contributed by atoms with Crippen molar-refractivity contribution in [1.29, 1.82) is 0 Å². The van der Waals surface area contributed by atoms with Gasteiger partial charge in [0.05, 0.1) is 28.2 Å². The fourth-order valence-electron chi connectivity index (χ4n) is 4.37. The maximum Gasteiger partial charge on any atom is 0.273 e. The van der Waals surface area contributed by atoms with Crippen LogP contribution in [0.15, 0.2) is 60.7 Å². The van der Waals surface area contributed by atoms with Gasteiger partial charge in [-0.1, -0.05) is 31.2 Å². The molecule has 11 nitrogen and oxygen atoms in total. The fourth-order valence-corrected chi connectivity index (χ4v) is 4.37. The van der Waals surface area contributed by atoms with Crippen molar-refractivity contribution in [3.8, 4) is 0 Å². The second-order valence-corrected chi connectivity index (χ2v) is 8.23. The lowest BCUT2D eigenvalue weighted by molar-refractivity contribution is -0.385. The minimum Gasteiger partial charge on any atom is -0.272 e. The van der Waals surface area contributed by atoms with Crippen LogP contribution >= 0.6 is 0 Å². The van der Waals surface area contributed by atoms with E-state index in [-0.39, 0.29) is 29.4 Å². The summed E-state index contributed by atoms with van der Waals surface area (Å²) in [6, 6.07) is 10.3. The molecule has 0 unspecified atom stereocenters. The molecule has 1 saturated heterocycles. The zero-order valence-corrected chi connectivity index (χ0v) is 18.1. The Morgan fingerprint density at radius 3 is 2.06 bits per heavy atom. The largest absolute Gasteiger partial charge is 0.273 e. The number of non-ortho nitro benzene ring substituents is 2. The number of nitro groups is 2. The van der Waals surface area contributed by atoms with Gasteiger partial charge in [-0.05, 0) is 30.0 Å². The number of carbonyl (C=O) groups excluding carboxylic acids is 3. The van der Waals surface area contributed by atoms with Crippen LogP contribution in [0.4, 0.5) is 11.4 Å². The first kappa shape index (κ1) is 22.8. The second kappa shape index (κ2) is 8.85. The summed E-state index contributed by atoms with van der Waals surface area (Å²) in [5.74, 6) is -3.06. The van der Waals surface area contributed by atoms with Gasteiger partial charge >= 0.3 is 0 Å². The molecule has 1 heterocycles. The Morgan fingerprint density at radius 1 is 0.971 bits per heavy atom. The first-order chi connectivity index (χ1) is 16.2. The van der Waals surface area contributed by atoms with Crippen molar-refractivity contribution in [3.63, 3.8) is 0 Å². The summed E-state index contributed by atoms with van der Waals surface area (Å²) in [5.41, 5.74) is 0.158. The van der Waals surface area contributed by atoms with Crippen LogP contribution in [0.25, 0.3) is 0 Å². The highest BCUT2D eigenvalue weighted by Gasteiger charge is 2.53. The Bertz CT molecular complexity index is 1210. The van der Waals surface area contributed by atoms with Gasteiger partial charge in [0.25, 0.3) is 29.1 Å². The van der Waals surface area contributed by atoms with Crippen molar-refractivity contribution in [2.75, 3.05) is 0 Å². The van der Waals surface area contributed by atoms with Gasteiger partial charge in [-0.25, -0.2) is 5.01 Å². The van der Waals surface area contributed by atoms with Crippen LogP contribution in [0.5, 0.6) is 0 Å². The predicted octanol–water partition coefficient (Wildman–Crippen LogP) is 3.26. The van der Waals surface area contributed by atoms with E-state index in [4.69, 9.17) is 0 Å². The number of nitrogens with zero attached hydrogens (tertiary/aromatic N) is 4. The van der Waals surface area contributed by atoms with Crippen LogP contribution < -0.4 is 0 Å². The van der Waals surface area contributed by atoms with Gasteiger partial charge < -0.3 is 0 Å². The van der Waals surface area contributed by atoms with E-state index < -0.39 is 39.4 Å². The molecule has 2 aromatic rings. The zero-order valence-electron chi connectivity index (χ0n) is 18.1. The maximum atomic E-state index is 13.5. The molecular formula is C23H20N4O7. The lowest BCUT2D eigenvalue weighted by Crippen LogP contribution is -2.50. The summed E-state index contributed by atoms with van der Waals surface area (Å²) in [6.07, 6.45) is 4.10. The molecule has 11 heteroatoms. The van der Waals surface area contributed by atoms with E-state index in [0.29, 0.717) is 12.0 Å². The molecule has 1 aliphatic carbocycles. The summed E-state index contributed by atoms with van der Waals surface area (Å²) in [4.78, 5) is 60.8. The van der Waals surface area contributed by atoms with E-state index in [0.717, 1.165) is 22.2 Å². The number of allylic oxidation sites excluding steroid dienone is 2. The number of hydrazine groups is 1. The number of imide groups is 1. The molecule has 1 aliphatic heterocycles. The number of fused-ring (bicyclic) bond motifs is 1. The summed E-state index contributed by atoms with van der Waals surface area (Å²) in [7, 11) is 0. The monoisotopic (exact) mass is 464 g/mol. The molecule has 0 spiro atoms. The van der Waals surface area contributed by atoms with Crippen molar-refractivity contribution >= 4 is 29.1 Å². The van der Waals surface area contributed by atoms with E-state index in [9.17, 15) is 34.6 Å². The summed E-state index contributed by atoms with van der Waals surface area (Å²) < 4.78 is 0. The normalized spacial score (nSPS) is 21.3. The highest BCUT2D eigenvalue weighted by molar-refractivity contribution is 6.08. The summed E-state index contributed by atoms with van der Waals surface area (Å²) >= 11 is 0. The van der Waals surface area contributed by atoms with Gasteiger partial charge in [0.15, 0.2) is 0 Å². The van der Waals surface area contributed by atoms with Crippen LogP contribution in [0, 0.1) is 38.0 Å². The molecule has 0 aromatic heterocycles. The number of amides is 3. The molecule has 0 radical (unpaired) electrons. The van der Waals surface area contributed by atoms with E-state index in [2.05, 4.69) is 0 Å². The van der Waals surface area contributed by atoms with Gasteiger partial charge in [-0.2, -0.15) is 5.01 Å². The molecule has 174 valence electrons. The van der Waals surface area contributed by atoms with E-state index in [1.165, 1.54) is 36.4 Å². The Kier molecular flexibility index (Phi) is 5.93. The van der Waals surface area contributed by atoms with E-state index in [1.54, 1.807) is 0 Å².